The number of amides is 3. The van der Waals surface area contributed by atoms with Crippen LogP contribution in [0.25, 0.3) is 0 Å². The molecular weight excluding hydrogens is 356 g/mol. The largest absolute Gasteiger partial charge is 0.322 e. The van der Waals surface area contributed by atoms with Crippen molar-refractivity contribution in [3.8, 4) is 0 Å². The molecule has 4 rings (SSSR count). The third-order valence-corrected chi connectivity index (χ3v) is 6.16. The first-order chi connectivity index (χ1) is 13.3. The highest BCUT2D eigenvalue weighted by molar-refractivity contribution is 6.05. The van der Waals surface area contributed by atoms with Crippen molar-refractivity contribution in [2.24, 2.45) is 0 Å². The summed E-state index contributed by atoms with van der Waals surface area (Å²) in [4.78, 5) is 40.6. The Bertz CT molecular complexity index is 820. The van der Waals surface area contributed by atoms with Gasteiger partial charge in [-0.15, -0.1) is 0 Å². The molecule has 1 aromatic rings. The molecule has 2 fully saturated rings. The predicted octanol–water partition coefficient (Wildman–Crippen LogP) is 1.02. The maximum Gasteiger partial charge on any atom is 0.255 e. The Hall–Kier alpha value is -2.25. The molecule has 2 saturated heterocycles. The minimum Gasteiger partial charge on any atom is -0.322 e. The Morgan fingerprint density at radius 2 is 2.04 bits per heavy atom. The lowest BCUT2D eigenvalue weighted by atomic mass is 10.0. The van der Waals surface area contributed by atoms with Crippen molar-refractivity contribution in [3.05, 3.63) is 34.9 Å². The van der Waals surface area contributed by atoms with Crippen LogP contribution in [-0.2, 0) is 22.7 Å². The number of carbonyl (C=O) groups excluding carboxylic acids is 3. The van der Waals surface area contributed by atoms with Crippen LogP contribution in [0.1, 0.15) is 54.6 Å². The van der Waals surface area contributed by atoms with Crippen LogP contribution in [0.3, 0.4) is 0 Å². The molecule has 0 radical (unpaired) electrons. The average Bonchev–Trinajstić information content (AvgIpc) is 2.86. The first kappa shape index (κ1) is 19.1. The van der Waals surface area contributed by atoms with E-state index in [2.05, 4.69) is 35.4 Å². The highest BCUT2D eigenvalue weighted by atomic mass is 16.2. The van der Waals surface area contributed by atoms with E-state index < -0.39 is 6.04 Å². The number of imide groups is 1. The minimum absolute atomic E-state index is 0.0539. The number of fused-ring (bicyclic) bond motifs is 1. The fourth-order valence-corrected chi connectivity index (χ4v) is 4.42. The predicted molar refractivity (Wildman–Crippen MR) is 104 cm³/mol. The van der Waals surface area contributed by atoms with Crippen LogP contribution in [0.4, 0.5) is 0 Å². The van der Waals surface area contributed by atoms with Crippen LogP contribution in [-0.4, -0.2) is 58.7 Å². The molecule has 7 heteroatoms. The first-order valence-corrected chi connectivity index (χ1v) is 10.1. The number of hydrogen-bond acceptors (Lipinski definition) is 5. The van der Waals surface area contributed by atoms with Crippen molar-refractivity contribution in [2.45, 2.75) is 57.8 Å². The van der Waals surface area contributed by atoms with Gasteiger partial charge in [0.2, 0.25) is 11.8 Å². The molecule has 7 nitrogen and oxygen atoms in total. The number of nitrogens with one attached hydrogen (secondary N) is 2. The monoisotopic (exact) mass is 384 g/mol. The summed E-state index contributed by atoms with van der Waals surface area (Å²) in [5.74, 6) is -0.734. The molecule has 0 aliphatic carbocycles. The van der Waals surface area contributed by atoms with Crippen molar-refractivity contribution in [1.82, 2.24) is 20.4 Å². The van der Waals surface area contributed by atoms with E-state index in [1.165, 1.54) is 0 Å². The van der Waals surface area contributed by atoms with Gasteiger partial charge in [-0.1, -0.05) is 12.1 Å². The fourth-order valence-electron chi connectivity index (χ4n) is 4.42. The van der Waals surface area contributed by atoms with E-state index in [9.17, 15) is 14.4 Å². The second-order valence-electron chi connectivity index (χ2n) is 8.66. The highest BCUT2D eigenvalue weighted by Crippen LogP contribution is 2.29. The molecule has 1 unspecified atom stereocenters. The second-order valence-corrected chi connectivity index (χ2v) is 8.66. The van der Waals surface area contributed by atoms with Crippen LogP contribution < -0.4 is 10.6 Å². The molecule has 3 aliphatic rings. The van der Waals surface area contributed by atoms with E-state index in [0.29, 0.717) is 18.5 Å². The van der Waals surface area contributed by atoms with Crippen LogP contribution >= 0.6 is 0 Å². The molecule has 0 spiro atoms. The number of rotatable bonds is 3. The number of piperidine rings is 1. The van der Waals surface area contributed by atoms with E-state index in [1.54, 1.807) is 4.90 Å². The lowest BCUT2D eigenvalue weighted by Crippen LogP contribution is -2.52. The molecule has 2 N–H and O–H groups in total. The van der Waals surface area contributed by atoms with Gasteiger partial charge in [0, 0.05) is 43.7 Å². The summed E-state index contributed by atoms with van der Waals surface area (Å²) in [5, 5.41) is 5.84. The Balaban J connectivity index is 1.51. The minimum atomic E-state index is -0.559. The van der Waals surface area contributed by atoms with Crippen LogP contribution in [0.5, 0.6) is 0 Å². The first-order valence-electron chi connectivity index (χ1n) is 10.1. The zero-order chi connectivity index (χ0) is 19.9. The van der Waals surface area contributed by atoms with Gasteiger partial charge in [0.25, 0.3) is 5.91 Å². The number of carbonyl (C=O) groups is 3. The van der Waals surface area contributed by atoms with Gasteiger partial charge < -0.3 is 10.2 Å². The molecule has 1 aromatic carbocycles. The van der Waals surface area contributed by atoms with E-state index >= 15 is 0 Å². The Morgan fingerprint density at radius 1 is 1.21 bits per heavy atom. The van der Waals surface area contributed by atoms with Gasteiger partial charge in [0.15, 0.2) is 0 Å². The number of benzene rings is 1. The third kappa shape index (κ3) is 3.56. The molecule has 150 valence electrons. The van der Waals surface area contributed by atoms with Crippen molar-refractivity contribution in [2.75, 3.05) is 19.6 Å². The maximum atomic E-state index is 13.0. The van der Waals surface area contributed by atoms with E-state index in [1.807, 2.05) is 12.1 Å². The Labute approximate surface area is 165 Å². The lowest BCUT2D eigenvalue weighted by molar-refractivity contribution is -0.136. The van der Waals surface area contributed by atoms with Crippen molar-refractivity contribution in [3.63, 3.8) is 0 Å². The number of nitrogens with zero attached hydrogens (tertiary/aromatic N) is 2. The summed E-state index contributed by atoms with van der Waals surface area (Å²) in [7, 11) is 0. The summed E-state index contributed by atoms with van der Waals surface area (Å²) in [6.45, 7) is 8.72. The van der Waals surface area contributed by atoms with Gasteiger partial charge in [-0.2, -0.15) is 0 Å². The average molecular weight is 384 g/mol. The molecule has 0 saturated carbocycles. The van der Waals surface area contributed by atoms with Gasteiger partial charge in [0.1, 0.15) is 6.04 Å². The summed E-state index contributed by atoms with van der Waals surface area (Å²) in [6.07, 6.45) is 1.78. The molecule has 3 heterocycles. The molecule has 0 aromatic heterocycles. The zero-order valence-corrected chi connectivity index (χ0v) is 16.6. The highest BCUT2D eigenvalue weighted by Gasteiger charge is 2.39. The lowest BCUT2D eigenvalue weighted by Gasteiger charge is -2.37. The van der Waals surface area contributed by atoms with Gasteiger partial charge in [-0.3, -0.25) is 24.6 Å². The maximum absolute atomic E-state index is 13.0. The quantitative estimate of drug-likeness (QED) is 0.761. The van der Waals surface area contributed by atoms with E-state index in [4.69, 9.17) is 0 Å². The van der Waals surface area contributed by atoms with Crippen LogP contribution in [0.15, 0.2) is 18.2 Å². The molecule has 0 bridgehead atoms. The Kier molecular flexibility index (Phi) is 4.97. The van der Waals surface area contributed by atoms with Gasteiger partial charge in [-0.25, -0.2) is 0 Å². The van der Waals surface area contributed by atoms with Gasteiger partial charge in [-0.05, 0) is 50.4 Å². The summed E-state index contributed by atoms with van der Waals surface area (Å²) >= 11 is 0. The van der Waals surface area contributed by atoms with Crippen LogP contribution in [0, 0.1) is 0 Å². The molecule has 3 aliphatic heterocycles. The summed E-state index contributed by atoms with van der Waals surface area (Å²) in [5.41, 5.74) is 2.81. The van der Waals surface area contributed by atoms with Gasteiger partial charge in [0.05, 0.1) is 0 Å². The topological polar surface area (TPSA) is 81.8 Å². The smallest absolute Gasteiger partial charge is 0.255 e. The molecule has 1 atom stereocenters. The standard InChI is InChI=1S/C21H28N4O3/c1-21(2)13-22-8-3-9-24(21)11-14-4-5-15-12-25(20(28)16(15)10-14)17-6-7-18(26)23-19(17)27/h4-5,10,17,22H,3,6-9,11-13H2,1-2H3,(H,23,26,27). The summed E-state index contributed by atoms with van der Waals surface area (Å²) < 4.78 is 0. The molecular formula is C21H28N4O3. The van der Waals surface area contributed by atoms with E-state index in [-0.39, 0.29) is 29.7 Å². The second kappa shape index (κ2) is 7.29. The van der Waals surface area contributed by atoms with Crippen molar-refractivity contribution in [1.29, 1.82) is 0 Å². The van der Waals surface area contributed by atoms with Crippen molar-refractivity contribution < 1.29 is 14.4 Å². The molecule has 28 heavy (non-hydrogen) atoms. The fraction of sp³-hybridized carbons (Fsp3) is 0.571. The van der Waals surface area contributed by atoms with Crippen LogP contribution in [0.2, 0.25) is 0 Å². The normalized spacial score (nSPS) is 25.4. The zero-order valence-electron chi connectivity index (χ0n) is 16.6. The number of hydrogen-bond donors (Lipinski definition) is 2. The Morgan fingerprint density at radius 3 is 2.82 bits per heavy atom. The van der Waals surface area contributed by atoms with Crippen molar-refractivity contribution >= 4 is 17.7 Å². The summed E-state index contributed by atoms with van der Waals surface area (Å²) in [6, 6.07) is 5.53. The van der Waals surface area contributed by atoms with E-state index in [0.717, 1.165) is 43.7 Å². The van der Waals surface area contributed by atoms with Gasteiger partial charge >= 0.3 is 0 Å². The SMILES string of the molecule is CC1(C)CNCCCN1Cc1ccc2c(c1)C(=O)N(C1CCC(=O)NC1=O)C2. The molecule has 3 amide bonds. The third-order valence-electron chi connectivity index (χ3n) is 6.16.